The van der Waals surface area contributed by atoms with Gasteiger partial charge in [0.25, 0.3) is 0 Å². The third-order valence-electron chi connectivity index (χ3n) is 4.90. The molecule has 1 aliphatic rings. The van der Waals surface area contributed by atoms with Crippen LogP contribution in [0.25, 0.3) is 0 Å². The monoisotopic (exact) mass is 276 g/mol. The van der Waals surface area contributed by atoms with E-state index >= 15 is 0 Å². The molecule has 3 atom stereocenters. The number of anilines is 1. The second kappa shape index (κ2) is 5.70. The molecule has 1 heterocycles. The topological polar surface area (TPSA) is 68.2 Å². The highest BCUT2D eigenvalue weighted by atomic mass is 15.2. The number of rotatable bonds is 3. The molecule has 1 aromatic rings. The third kappa shape index (κ3) is 2.67. The predicted molar refractivity (Wildman–Crippen MR) is 84.4 cm³/mol. The van der Waals surface area contributed by atoms with Gasteiger partial charge in [-0.15, -0.1) is 0 Å². The van der Waals surface area contributed by atoms with E-state index in [2.05, 4.69) is 37.0 Å². The number of likely N-dealkylation sites (N-methyl/N-ethyl adjacent to an activating group) is 1. The minimum atomic E-state index is -0.0901. The summed E-state index contributed by atoms with van der Waals surface area (Å²) in [5.41, 5.74) is 14.9. The molecule has 0 amide bonds. The second-order valence-corrected chi connectivity index (χ2v) is 6.66. The van der Waals surface area contributed by atoms with Gasteiger partial charge in [-0.1, -0.05) is 19.8 Å². The molecule has 1 aliphatic carbocycles. The summed E-state index contributed by atoms with van der Waals surface area (Å²) < 4.78 is 0. The largest absolute Gasteiger partial charge is 0.383 e. The van der Waals surface area contributed by atoms with Crippen LogP contribution >= 0.6 is 0 Å². The molecule has 1 aromatic heterocycles. The predicted octanol–water partition coefficient (Wildman–Crippen LogP) is 2.48. The summed E-state index contributed by atoms with van der Waals surface area (Å²) in [7, 11) is 4.27. The fourth-order valence-electron chi connectivity index (χ4n) is 3.67. The maximum absolute atomic E-state index is 6.68. The number of pyridine rings is 1. The Morgan fingerprint density at radius 1 is 1.45 bits per heavy atom. The number of aromatic nitrogens is 1. The lowest BCUT2D eigenvalue weighted by Crippen LogP contribution is -2.55. The van der Waals surface area contributed by atoms with Gasteiger partial charge in [0.05, 0.1) is 6.04 Å². The minimum Gasteiger partial charge on any atom is -0.383 e. The van der Waals surface area contributed by atoms with Crippen molar-refractivity contribution in [2.75, 3.05) is 19.8 Å². The molecule has 0 aliphatic heterocycles. The van der Waals surface area contributed by atoms with Gasteiger partial charge in [-0.05, 0) is 51.4 Å². The highest BCUT2D eigenvalue weighted by Crippen LogP contribution is 2.43. The van der Waals surface area contributed by atoms with Crippen LogP contribution in [0.5, 0.6) is 0 Å². The van der Waals surface area contributed by atoms with Crippen LogP contribution in [0.4, 0.5) is 5.82 Å². The van der Waals surface area contributed by atoms with Gasteiger partial charge in [-0.2, -0.15) is 0 Å². The zero-order chi connectivity index (χ0) is 14.9. The first-order valence-electron chi connectivity index (χ1n) is 7.52. The van der Waals surface area contributed by atoms with Crippen LogP contribution in [-0.2, 0) is 0 Å². The average Bonchev–Trinajstić information content (AvgIpc) is 2.40. The fourth-order valence-corrected chi connectivity index (χ4v) is 3.67. The Morgan fingerprint density at radius 3 is 2.75 bits per heavy atom. The molecule has 0 saturated heterocycles. The Balaban J connectivity index is 2.41. The van der Waals surface area contributed by atoms with Crippen LogP contribution in [0, 0.1) is 12.8 Å². The Labute approximate surface area is 122 Å². The Kier molecular flexibility index (Phi) is 4.35. The van der Waals surface area contributed by atoms with Gasteiger partial charge < -0.3 is 16.4 Å². The molecule has 4 N–H and O–H groups in total. The highest BCUT2D eigenvalue weighted by molar-refractivity contribution is 5.44. The Morgan fingerprint density at radius 2 is 2.15 bits per heavy atom. The molecule has 112 valence electrons. The van der Waals surface area contributed by atoms with Crippen molar-refractivity contribution in [3.05, 3.63) is 23.4 Å². The second-order valence-electron chi connectivity index (χ2n) is 6.66. The maximum atomic E-state index is 6.68. The molecule has 20 heavy (non-hydrogen) atoms. The summed E-state index contributed by atoms with van der Waals surface area (Å²) >= 11 is 0. The minimum absolute atomic E-state index is 0.0126. The zero-order valence-electron chi connectivity index (χ0n) is 13.2. The van der Waals surface area contributed by atoms with Crippen molar-refractivity contribution >= 4 is 5.82 Å². The van der Waals surface area contributed by atoms with Gasteiger partial charge in [-0.25, -0.2) is 4.98 Å². The van der Waals surface area contributed by atoms with Crippen LogP contribution in [0.2, 0.25) is 0 Å². The maximum Gasteiger partial charge on any atom is 0.128 e. The van der Waals surface area contributed by atoms with Gasteiger partial charge in [-0.3, -0.25) is 0 Å². The first-order chi connectivity index (χ1) is 9.36. The smallest absolute Gasteiger partial charge is 0.128 e. The van der Waals surface area contributed by atoms with E-state index in [0.717, 1.165) is 24.0 Å². The van der Waals surface area contributed by atoms with Gasteiger partial charge in [0.1, 0.15) is 5.82 Å². The summed E-state index contributed by atoms with van der Waals surface area (Å²) in [5, 5.41) is 0. The van der Waals surface area contributed by atoms with Crippen molar-refractivity contribution in [2.45, 2.75) is 51.1 Å². The van der Waals surface area contributed by atoms with Gasteiger partial charge in [0.15, 0.2) is 0 Å². The summed E-state index contributed by atoms with van der Waals surface area (Å²) in [6.45, 7) is 4.36. The van der Waals surface area contributed by atoms with Crippen molar-refractivity contribution in [3.8, 4) is 0 Å². The fraction of sp³-hybridized carbons (Fsp3) is 0.688. The van der Waals surface area contributed by atoms with Crippen LogP contribution in [0.3, 0.4) is 0 Å². The van der Waals surface area contributed by atoms with E-state index in [1.165, 1.54) is 12.8 Å². The van der Waals surface area contributed by atoms with Crippen molar-refractivity contribution in [1.29, 1.82) is 0 Å². The molecule has 4 heteroatoms. The standard InChI is InChI=1S/C16H28N4/c1-11-6-5-7-16(9-11,20(3)4)14(17)13-8-12(2)10-19-15(13)18/h8,10-11,14H,5-7,9,17H2,1-4H3,(H2,18,19). The Bertz CT molecular complexity index is 472. The van der Waals surface area contributed by atoms with E-state index in [1.807, 2.05) is 6.92 Å². The average molecular weight is 276 g/mol. The van der Waals surface area contributed by atoms with Crippen LogP contribution in [-0.4, -0.2) is 29.5 Å². The van der Waals surface area contributed by atoms with Crippen molar-refractivity contribution in [3.63, 3.8) is 0 Å². The molecule has 1 saturated carbocycles. The molecule has 4 nitrogen and oxygen atoms in total. The molecule has 0 radical (unpaired) electrons. The van der Waals surface area contributed by atoms with Gasteiger partial charge in [0, 0.05) is 17.3 Å². The van der Waals surface area contributed by atoms with E-state index in [-0.39, 0.29) is 11.6 Å². The molecular weight excluding hydrogens is 248 g/mol. The molecule has 3 unspecified atom stereocenters. The SMILES string of the molecule is Cc1cnc(N)c(C(N)C2(N(C)C)CCCC(C)C2)c1. The number of nitrogen functional groups attached to an aromatic ring is 1. The molecular formula is C16H28N4. The zero-order valence-corrected chi connectivity index (χ0v) is 13.2. The lowest BCUT2D eigenvalue weighted by Gasteiger charge is -2.49. The van der Waals surface area contributed by atoms with Crippen LogP contribution in [0.15, 0.2) is 12.3 Å². The van der Waals surface area contributed by atoms with E-state index < -0.39 is 0 Å². The molecule has 2 rings (SSSR count). The number of hydrogen-bond acceptors (Lipinski definition) is 4. The summed E-state index contributed by atoms with van der Waals surface area (Å²) in [5.74, 6) is 1.28. The Hall–Kier alpha value is -1.13. The quantitative estimate of drug-likeness (QED) is 0.890. The van der Waals surface area contributed by atoms with Gasteiger partial charge >= 0.3 is 0 Å². The first kappa shape index (κ1) is 15.3. The number of hydrogen-bond donors (Lipinski definition) is 2. The number of aryl methyl sites for hydroxylation is 1. The normalized spacial score (nSPS) is 28.6. The number of nitrogens with two attached hydrogens (primary N) is 2. The van der Waals surface area contributed by atoms with Crippen molar-refractivity contribution in [1.82, 2.24) is 9.88 Å². The number of nitrogens with zero attached hydrogens (tertiary/aromatic N) is 2. The molecule has 0 bridgehead atoms. The summed E-state index contributed by atoms with van der Waals surface area (Å²) in [6, 6.07) is 2.00. The summed E-state index contributed by atoms with van der Waals surface area (Å²) in [4.78, 5) is 6.58. The van der Waals surface area contributed by atoms with Crippen molar-refractivity contribution in [2.24, 2.45) is 11.7 Å². The van der Waals surface area contributed by atoms with E-state index in [0.29, 0.717) is 11.7 Å². The molecule has 1 fully saturated rings. The van der Waals surface area contributed by atoms with E-state index in [1.54, 1.807) is 6.20 Å². The molecule has 0 aromatic carbocycles. The van der Waals surface area contributed by atoms with Crippen LogP contribution < -0.4 is 11.5 Å². The van der Waals surface area contributed by atoms with Crippen molar-refractivity contribution < 1.29 is 0 Å². The molecule has 0 spiro atoms. The van der Waals surface area contributed by atoms with Crippen LogP contribution in [0.1, 0.15) is 49.8 Å². The third-order valence-corrected chi connectivity index (χ3v) is 4.90. The lowest BCUT2D eigenvalue weighted by molar-refractivity contribution is 0.0500. The van der Waals surface area contributed by atoms with E-state index in [9.17, 15) is 0 Å². The lowest BCUT2D eigenvalue weighted by atomic mass is 9.70. The first-order valence-corrected chi connectivity index (χ1v) is 7.52. The van der Waals surface area contributed by atoms with E-state index in [4.69, 9.17) is 11.5 Å². The highest BCUT2D eigenvalue weighted by Gasteiger charge is 2.43. The van der Waals surface area contributed by atoms with Gasteiger partial charge in [0.2, 0.25) is 0 Å². The summed E-state index contributed by atoms with van der Waals surface area (Å²) in [6.07, 6.45) is 6.57.